The third-order valence-electron chi connectivity index (χ3n) is 2.81. The molecule has 0 radical (unpaired) electrons. The van der Waals surface area contributed by atoms with Gasteiger partial charge in [0, 0.05) is 19.5 Å². The maximum Gasteiger partial charge on any atom is 0.240 e. The van der Waals surface area contributed by atoms with E-state index in [0.29, 0.717) is 25.9 Å². The first kappa shape index (κ1) is 12.0. The monoisotopic (exact) mass is 210 g/mol. The Bertz CT molecular complexity index is 271. The zero-order valence-corrected chi connectivity index (χ0v) is 9.07. The summed E-state index contributed by atoms with van der Waals surface area (Å²) in [4.78, 5) is 13.4. The second-order valence-electron chi connectivity index (χ2n) is 4.34. The highest BCUT2D eigenvalue weighted by Crippen LogP contribution is 2.21. The molecule has 1 heterocycles. The summed E-state index contributed by atoms with van der Waals surface area (Å²) in [5.41, 5.74) is 4.98. The van der Waals surface area contributed by atoms with Crippen LogP contribution in [0.15, 0.2) is 0 Å². The third kappa shape index (κ3) is 3.22. The summed E-state index contributed by atoms with van der Waals surface area (Å²) in [6.07, 6.45) is 6.57. The van der Waals surface area contributed by atoms with Crippen LogP contribution in [0.25, 0.3) is 0 Å². The van der Waals surface area contributed by atoms with Crippen LogP contribution >= 0.6 is 0 Å². The molecule has 1 rings (SSSR count). The molecule has 4 nitrogen and oxygen atoms in total. The van der Waals surface area contributed by atoms with Crippen LogP contribution in [0.5, 0.6) is 0 Å². The molecule has 3 N–H and O–H groups in total. The second kappa shape index (κ2) is 4.65. The second-order valence-corrected chi connectivity index (χ2v) is 4.34. The molecule has 1 aliphatic rings. The van der Waals surface area contributed by atoms with Gasteiger partial charge in [-0.15, -0.1) is 12.3 Å². The number of carbonyl (C=O) groups excluding carboxylic acids is 1. The molecule has 1 saturated heterocycles. The molecule has 1 fully saturated rings. The van der Waals surface area contributed by atoms with E-state index in [1.165, 1.54) is 0 Å². The summed E-state index contributed by atoms with van der Waals surface area (Å²) in [7, 11) is 0. The van der Waals surface area contributed by atoms with Gasteiger partial charge in [0.25, 0.3) is 0 Å². The van der Waals surface area contributed by atoms with Crippen molar-refractivity contribution < 1.29 is 9.90 Å². The highest BCUT2D eigenvalue weighted by molar-refractivity contribution is 5.82. The highest BCUT2D eigenvalue weighted by Gasteiger charge is 2.31. The highest BCUT2D eigenvalue weighted by atomic mass is 16.3. The number of hydrogen-bond acceptors (Lipinski definition) is 3. The normalized spacial score (nSPS) is 21.9. The van der Waals surface area contributed by atoms with Crippen LogP contribution in [0.2, 0.25) is 0 Å². The van der Waals surface area contributed by atoms with Gasteiger partial charge in [-0.2, -0.15) is 0 Å². The molecule has 0 aromatic carbocycles. The van der Waals surface area contributed by atoms with Gasteiger partial charge in [-0.3, -0.25) is 4.79 Å². The van der Waals surface area contributed by atoms with Gasteiger partial charge in [-0.1, -0.05) is 0 Å². The molecular weight excluding hydrogens is 192 g/mol. The van der Waals surface area contributed by atoms with Crippen LogP contribution in [0, 0.1) is 12.3 Å². The number of rotatable bonds is 2. The average molecular weight is 210 g/mol. The molecule has 1 unspecified atom stereocenters. The van der Waals surface area contributed by atoms with E-state index in [0.717, 1.165) is 0 Å². The summed E-state index contributed by atoms with van der Waals surface area (Å²) in [5.74, 6) is 2.27. The van der Waals surface area contributed by atoms with Crippen LogP contribution < -0.4 is 5.73 Å². The van der Waals surface area contributed by atoms with Crippen molar-refractivity contribution >= 4 is 5.91 Å². The fraction of sp³-hybridized carbons (Fsp3) is 0.727. The van der Waals surface area contributed by atoms with E-state index in [2.05, 4.69) is 5.92 Å². The number of likely N-dealkylation sites (tertiary alicyclic amines) is 1. The average Bonchev–Trinajstić information content (AvgIpc) is 2.17. The van der Waals surface area contributed by atoms with Crippen molar-refractivity contribution in [1.82, 2.24) is 4.90 Å². The fourth-order valence-electron chi connectivity index (χ4n) is 1.66. The molecule has 0 bridgehead atoms. The molecule has 15 heavy (non-hydrogen) atoms. The molecule has 0 spiro atoms. The lowest BCUT2D eigenvalue weighted by atomic mass is 9.93. The van der Waals surface area contributed by atoms with Crippen molar-refractivity contribution in [3.05, 3.63) is 0 Å². The van der Waals surface area contributed by atoms with Gasteiger partial charge in [-0.05, 0) is 19.8 Å². The van der Waals surface area contributed by atoms with Gasteiger partial charge < -0.3 is 15.7 Å². The van der Waals surface area contributed by atoms with Gasteiger partial charge in [0.1, 0.15) is 0 Å². The maximum atomic E-state index is 11.7. The van der Waals surface area contributed by atoms with Gasteiger partial charge in [0.2, 0.25) is 5.91 Å². The van der Waals surface area contributed by atoms with E-state index in [1.807, 2.05) is 0 Å². The zero-order valence-electron chi connectivity index (χ0n) is 9.07. The number of carbonyl (C=O) groups is 1. The molecule has 1 aliphatic heterocycles. The molecule has 84 valence electrons. The molecule has 0 saturated carbocycles. The van der Waals surface area contributed by atoms with Crippen molar-refractivity contribution in [3.63, 3.8) is 0 Å². The lowest BCUT2D eigenvalue weighted by Crippen LogP contribution is -2.50. The molecule has 1 atom stereocenters. The summed E-state index contributed by atoms with van der Waals surface area (Å²) < 4.78 is 0. The fourth-order valence-corrected chi connectivity index (χ4v) is 1.66. The Morgan fingerprint density at radius 3 is 2.67 bits per heavy atom. The first-order valence-electron chi connectivity index (χ1n) is 5.16. The molecule has 4 heteroatoms. The Kier molecular flexibility index (Phi) is 3.72. The number of hydrogen-bond donors (Lipinski definition) is 2. The summed E-state index contributed by atoms with van der Waals surface area (Å²) >= 11 is 0. The van der Waals surface area contributed by atoms with Crippen LogP contribution in [-0.4, -0.2) is 40.6 Å². The van der Waals surface area contributed by atoms with E-state index in [4.69, 9.17) is 12.2 Å². The first-order chi connectivity index (χ1) is 6.96. The molecular formula is C11H18N2O2. The first-order valence-corrected chi connectivity index (χ1v) is 5.16. The van der Waals surface area contributed by atoms with Crippen molar-refractivity contribution in [3.8, 4) is 12.3 Å². The van der Waals surface area contributed by atoms with E-state index < -0.39 is 11.6 Å². The standard InChI is InChI=1S/C11H18N2O2/c1-3-4-9(12)10(14)13-7-5-11(2,15)6-8-13/h1,9,15H,4-8,12H2,2H3. The van der Waals surface area contributed by atoms with Crippen LogP contribution in [0.4, 0.5) is 0 Å². The minimum Gasteiger partial charge on any atom is -0.390 e. The van der Waals surface area contributed by atoms with Gasteiger partial charge in [0.05, 0.1) is 11.6 Å². The topological polar surface area (TPSA) is 66.6 Å². The Morgan fingerprint density at radius 2 is 2.20 bits per heavy atom. The molecule has 0 aliphatic carbocycles. The van der Waals surface area contributed by atoms with Gasteiger partial charge in [0.15, 0.2) is 0 Å². The van der Waals surface area contributed by atoms with Crippen molar-refractivity contribution in [1.29, 1.82) is 0 Å². The number of amides is 1. The minimum atomic E-state index is -0.646. The van der Waals surface area contributed by atoms with Crippen LogP contribution in [0.1, 0.15) is 26.2 Å². The smallest absolute Gasteiger partial charge is 0.240 e. The largest absolute Gasteiger partial charge is 0.390 e. The minimum absolute atomic E-state index is 0.108. The lowest BCUT2D eigenvalue weighted by molar-refractivity contribution is -0.136. The van der Waals surface area contributed by atoms with E-state index in [9.17, 15) is 9.90 Å². The molecule has 0 aromatic heterocycles. The third-order valence-corrected chi connectivity index (χ3v) is 2.81. The number of piperidine rings is 1. The number of aliphatic hydroxyl groups is 1. The van der Waals surface area contributed by atoms with E-state index >= 15 is 0 Å². The van der Waals surface area contributed by atoms with Gasteiger partial charge in [-0.25, -0.2) is 0 Å². The predicted octanol–water partition coefficient (Wildman–Crippen LogP) is -0.290. The van der Waals surface area contributed by atoms with Crippen LogP contribution in [-0.2, 0) is 4.79 Å². The maximum absolute atomic E-state index is 11.7. The van der Waals surface area contributed by atoms with Gasteiger partial charge >= 0.3 is 0 Å². The lowest BCUT2D eigenvalue weighted by Gasteiger charge is -2.36. The Morgan fingerprint density at radius 1 is 1.67 bits per heavy atom. The summed E-state index contributed by atoms with van der Waals surface area (Å²) in [6, 6.07) is -0.599. The number of nitrogens with two attached hydrogens (primary N) is 1. The Balaban J connectivity index is 2.47. The number of terminal acetylenes is 1. The zero-order chi connectivity index (χ0) is 11.5. The van der Waals surface area contributed by atoms with Crippen molar-refractivity contribution in [2.45, 2.75) is 37.8 Å². The van der Waals surface area contributed by atoms with Crippen molar-refractivity contribution in [2.75, 3.05) is 13.1 Å². The Labute approximate surface area is 90.4 Å². The quantitative estimate of drug-likeness (QED) is 0.615. The summed E-state index contributed by atoms with van der Waals surface area (Å²) in [5, 5.41) is 9.71. The van der Waals surface area contributed by atoms with E-state index in [-0.39, 0.29) is 12.3 Å². The Hall–Kier alpha value is -1.05. The predicted molar refractivity (Wildman–Crippen MR) is 57.9 cm³/mol. The molecule has 0 aromatic rings. The van der Waals surface area contributed by atoms with Crippen LogP contribution in [0.3, 0.4) is 0 Å². The summed E-state index contributed by atoms with van der Waals surface area (Å²) in [6.45, 7) is 2.91. The van der Waals surface area contributed by atoms with E-state index in [1.54, 1.807) is 11.8 Å². The van der Waals surface area contributed by atoms with Crippen molar-refractivity contribution in [2.24, 2.45) is 5.73 Å². The molecule has 1 amide bonds. The number of nitrogens with zero attached hydrogens (tertiary/aromatic N) is 1. The SMILES string of the molecule is C#CCC(N)C(=O)N1CCC(C)(O)CC1.